The highest BCUT2D eigenvalue weighted by atomic mass is 16.5. The molecule has 2 fully saturated rings. The van der Waals surface area contributed by atoms with E-state index in [9.17, 15) is 0 Å². The average Bonchev–Trinajstić information content (AvgIpc) is 2.41. The molecular weight excluding hydrogens is 238 g/mol. The van der Waals surface area contributed by atoms with Crippen molar-refractivity contribution in [1.82, 2.24) is 5.32 Å². The third-order valence-electron chi connectivity index (χ3n) is 4.97. The first kappa shape index (κ1) is 15.3. The van der Waals surface area contributed by atoms with Crippen LogP contribution in [0.4, 0.5) is 0 Å². The monoisotopic (exact) mass is 269 g/mol. The molecule has 1 aliphatic carbocycles. The summed E-state index contributed by atoms with van der Waals surface area (Å²) in [5.74, 6) is 1.39. The minimum absolute atomic E-state index is 0.0343. The van der Waals surface area contributed by atoms with Crippen molar-refractivity contribution >= 4 is 0 Å². The van der Waals surface area contributed by atoms with Gasteiger partial charge in [-0.05, 0) is 45.6 Å². The Morgan fingerprint density at radius 3 is 2.79 bits per heavy atom. The van der Waals surface area contributed by atoms with E-state index in [0.29, 0.717) is 12.0 Å². The van der Waals surface area contributed by atoms with Crippen molar-refractivity contribution in [2.24, 2.45) is 11.8 Å². The average molecular weight is 269 g/mol. The second kappa shape index (κ2) is 7.05. The molecule has 1 N–H and O–H groups in total. The normalized spacial score (nSPS) is 38.1. The summed E-state index contributed by atoms with van der Waals surface area (Å²) in [6, 6.07) is 0.440. The van der Waals surface area contributed by atoms with Gasteiger partial charge in [0.05, 0.1) is 12.2 Å². The van der Waals surface area contributed by atoms with Crippen molar-refractivity contribution in [2.75, 3.05) is 26.9 Å². The Morgan fingerprint density at radius 2 is 2.21 bits per heavy atom. The summed E-state index contributed by atoms with van der Waals surface area (Å²) < 4.78 is 12.0. The first-order valence-electron chi connectivity index (χ1n) is 8.11. The fourth-order valence-electron chi connectivity index (χ4n) is 4.29. The molecule has 0 bridgehead atoms. The van der Waals surface area contributed by atoms with Crippen molar-refractivity contribution < 1.29 is 9.47 Å². The summed E-state index contributed by atoms with van der Waals surface area (Å²) in [6.07, 6.45) is 7.52. The summed E-state index contributed by atoms with van der Waals surface area (Å²) in [5.41, 5.74) is 0.0343. The predicted octanol–water partition coefficient (Wildman–Crippen LogP) is 2.99. The Morgan fingerprint density at radius 1 is 1.37 bits per heavy atom. The molecule has 1 heterocycles. The highest BCUT2D eigenvalue weighted by molar-refractivity contribution is 5.00. The summed E-state index contributed by atoms with van der Waals surface area (Å²) in [6.45, 7) is 7.15. The minimum atomic E-state index is 0.0343. The van der Waals surface area contributed by atoms with Gasteiger partial charge in [-0.3, -0.25) is 0 Å². The van der Waals surface area contributed by atoms with Gasteiger partial charge in [0.1, 0.15) is 0 Å². The summed E-state index contributed by atoms with van der Waals surface area (Å²) >= 11 is 0. The molecule has 1 saturated heterocycles. The Hall–Kier alpha value is -0.120. The lowest BCUT2D eigenvalue weighted by molar-refractivity contribution is -0.123. The largest absolute Gasteiger partial charge is 0.381 e. The zero-order chi connectivity index (χ0) is 13.7. The quantitative estimate of drug-likeness (QED) is 0.832. The van der Waals surface area contributed by atoms with Crippen LogP contribution in [0.2, 0.25) is 0 Å². The third kappa shape index (κ3) is 3.50. The van der Waals surface area contributed by atoms with Crippen LogP contribution in [0.1, 0.15) is 52.4 Å². The van der Waals surface area contributed by atoms with Crippen LogP contribution in [-0.2, 0) is 9.47 Å². The Labute approximate surface area is 118 Å². The van der Waals surface area contributed by atoms with Crippen LogP contribution in [0, 0.1) is 11.8 Å². The third-order valence-corrected chi connectivity index (χ3v) is 4.97. The molecule has 2 aliphatic rings. The second-order valence-corrected chi connectivity index (χ2v) is 6.44. The van der Waals surface area contributed by atoms with E-state index in [1.165, 1.54) is 38.5 Å². The fraction of sp³-hybridized carbons (Fsp3) is 1.00. The van der Waals surface area contributed by atoms with Crippen LogP contribution in [0.25, 0.3) is 0 Å². The van der Waals surface area contributed by atoms with Gasteiger partial charge >= 0.3 is 0 Å². The van der Waals surface area contributed by atoms with Gasteiger partial charge in [0, 0.05) is 25.2 Å². The maximum atomic E-state index is 6.33. The van der Waals surface area contributed by atoms with Gasteiger partial charge in [-0.1, -0.05) is 19.8 Å². The van der Waals surface area contributed by atoms with Crippen LogP contribution in [0.3, 0.4) is 0 Å². The number of ether oxygens (including phenoxy) is 2. The van der Waals surface area contributed by atoms with Crippen LogP contribution in [0.5, 0.6) is 0 Å². The van der Waals surface area contributed by atoms with Crippen LogP contribution >= 0.6 is 0 Å². The van der Waals surface area contributed by atoms with Crippen LogP contribution < -0.4 is 5.32 Å². The minimum Gasteiger partial charge on any atom is -0.381 e. The number of likely N-dealkylation sites (N-methyl/N-ethyl adjacent to an activating group) is 1. The van der Waals surface area contributed by atoms with Crippen molar-refractivity contribution in [1.29, 1.82) is 0 Å². The Kier molecular flexibility index (Phi) is 5.67. The van der Waals surface area contributed by atoms with Crippen LogP contribution in [0.15, 0.2) is 0 Å². The topological polar surface area (TPSA) is 30.5 Å². The maximum absolute atomic E-state index is 6.33. The van der Waals surface area contributed by atoms with Gasteiger partial charge in [-0.15, -0.1) is 0 Å². The molecule has 0 aromatic rings. The molecule has 0 spiro atoms. The molecule has 2 rings (SSSR count). The molecule has 3 heteroatoms. The van der Waals surface area contributed by atoms with Gasteiger partial charge in [-0.2, -0.15) is 0 Å². The predicted molar refractivity (Wildman–Crippen MR) is 78.4 cm³/mol. The summed E-state index contributed by atoms with van der Waals surface area (Å²) in [5, 5.41) is 3.58. The maximum Gasteiger partial charge on any atom is 0.0840 e. The van der Waals surface area contributed by atoms with Crippen molar-refractivity contribution in [3.05, 3.63) is 0 Å². The SMILES string of the molecule is CCOC1(C(NC)C2CCCOC2)CCCC(C)C1. The van der Waals surface area contributed by atoms with E-state index in [1.54, 1.807) is 0 Å². The highest BCUT2D eigenvalue weighted by Crippen LogP contribution is 2.41. The number of hydrogen-bond donors (Lipinski definition) is 1. The number of nitrogens with one attached hydrogen (secondary N) is 1. The van der Waals surface area contributed by atoms with Gasteiger partial charge in [-0.25, -0.2) is 0 Å². The lowest BCUT2D eigenvalue weighted by atomic mass is 9.70. The van der Waals surface area contributed by atoms with E-state index in [-0.39, 0.29) is 5.60 Å². The zero-order valence-electron chi connectivity index (χ0n) is 12.9. The first-order valence-corrected chi connectivity index (χ1v) is 8.11. The second-order valence-electron chi connectivity index (χ2n) is 6.44. The number of hydrogen-bond acceptors (Lipinski definition) is 3. The molecule has 112 valence electrons. The van der Waals surface area contributed by atoms with Gasteiger partial charge in [0.2, 0.25) is 0 Å². The molecule has 4 atom stereocenters. The molecule has 3 nitrogen and oxygen atoms in total. The Balaban J connectivity index is 2.13. The van der Waals surface area contributed by atoms with E-state index >= 15 is 0 Å². The van der Waals surface area contributed by atoms with Gasteiger partial charge in [0.25, 0.3) is 0 Å². The molecule has 0 aromatic carbocycles. The molecule has 4 unspecified atom stereocenters. The van der Waals surface area contributed by atoms with Crippen molar-refractivity contribution in [3.63, 3.8) is 0 Å². The molecule has 0 amide bonds. The van der Waals surface area contributed by atoms with E-state index < -0.39 is 0 Å². The molecular formula is C16H31NO2. The standard InChI is InChI=1S/C16H31NO2/c1-4-19-16(9-5-7-13(2)11-16)15(17-3)14-8-6-10-18-12-14/h13-15,17H,4-12H2,1-3H3. The van der Waals surface area contributed by atoms with Gasteiger partial charge < -0.3 is 14.8 Å². The summed E-state index contributed by atoms with van der Waals surface area (Å²) in [7, 11) is 2.10. The van der Waals surface area contributed by atoms with Gasteiger partial charge in [0.15, 0.2) is 0 Å². The van der Waals surface area contributed by atoms with E-state index in [1.807, 2.05) is 0 Å². The lowest BCUT2D eigenvalue weighted by Gasteiger charge is -2.48. The molecule has 19 heavy (non-hydrogen) atoms. The molecule has 0 radical (unpaired) electrons. The van der Waals surface area contributed by atoms with Crippen molar-refractivity contribution in [3.8, 4) is 0 Å². The van der Waals surface area contributed by atoms with E-state index in [0.717, 1.165) is 25.7 Å². The molecule has 0 aromatic heterocycles. The lowest BCUT2D eigenvalue weighted by Crippen LogP contribution is -2.58. The molecule has 1 aliphatic heterocycles. The van der Waals surface area contributed by atoms with Crippen LogP contribution in [-0.4, -0.2) is 38.5 Å². The summed E-state index contributed by atoms with van der Waals surface area (Å²) in [4.78, 5) is 0. The highest BCUT2D eigenvalue weighted by Gasteiger charge is 2.45. The first-order chi connectivity index (χ1) is 9.22. The smallest absolute Gasteiger partial charge is 0.0840 e. The van der Waals surface area contributed by atoms with E-state index in [2.05, 4.69) is 26.2 Å². The van der Waals surface area contributed by atoms with Crippen molar-refractivity contribution in [2.45, 2.75) is 64.0 Å². The fourth-order valence-corrected chi connectivity index (χ4v) is 4.29. The zero-order valence-corrected chi connectivity index (χ0v) is 12.9. The van der Waals surface area contributed by atoms with E-state index in [4.69, 9.17) is 9.47 Å². The number of rotatable bonds is 5. The molecule has 1 saturated carbocycles. The Bertz CT molecular complexity index is 261.